The smallest absolute Gasteiger partial charge is 0.309 e. The second-order valence-corrected chi connectivity index (χ2v) is 8.87. The molecule has 1 atom stereocenters. The third kappa shape index (κ3) is 5.49. The fourth-order valence-corrected chi connectivity index (χ4v) is 4.84. The summed E-state index contributed by atoms with van der Waals surface area (Å²) in [6.07, 6.45) is 10.8. The van der Waals surface area contributed by atoms with Gasteiger partial charge in [0.05, 0.1) is 6.04 Å². The van der Waals surface area contributed by atoms with Crippen LogP contribution in [0.15, 0.2) is 54.2 Å². The van der Waals surface area contributed by atoms with Crippen molar-refractivity contribution < 1.29 is 9.59 Å². The Balaban J connectivity index is 1.34. The SMILES string of the molecule is Cn1cccc1C(CNC(=O)C(=O)NCCC1=CCCCC1)N1CCc2ccccc2C1. The molecule has 4 rings (SSSR count). The van der Waals surface area contributed by atoms with E-state index >= 15 is 0 Å². The lowest BCUT2D eigenvalue weighted by molar-refractivity contribution is -0.139. The van der Waals surface area contributed by atoms with Gasteiger partial charge in [-0.15, -0.1) is 0 Å². The number of hydrogen-bond acceptors (Lipinski definition) is 3. The Morgan fingerprint density at radius 2 is 1.81 bits per heavy atom. The minimum atomic E-state index is -0.556. The molecule has 2 amide bonds. The Kier molecular flexibility index (Phi) is 7.43. The van der Waals surface area contributed by atoms with Gasteiger partial charge in [0.15, 0.2) is 0 Å². The minimum Gasteiger partial charge on any atom is -0.353 e. The number of nitrogens with zero attached hydrogens (tertiary/aromatic N) is 2. The maximum Gasteiger partial charge on any atom is 0.309 e. The summed E-state index contributed by atoms with van der Waals surface area (Å²) >= 11 is 0. The summed E-state index contributed by atoms with van der Waals surface area (Å²) in [7, 11) is 2.02. The molecule has 0 fully saturated rings. The molecule has 0 spiro atoms. The molecule has 6 heteroatoms. The van der Waals surface area contributed by atoms with E-state index < -0.39 is 11.8 Å². The van der Waals surface area contributed by atoms with Gasteiger partial charge in [0.2, 0.25) is 0 Å². The summed E-state index contributed by atoms with van der Waals surface area (Å²) in [6, 6.07) is 12.7. The fourth-order valence-electron chi connectivity index (χ4n) is 4.84. The second kappa shape index (κ2) is 10.6. The van der Waals surface area contributed by atoms with Crippen LogP contribution in [0.25, 0.3) is 0 Å². The first-order valence-electron chi connectivity index (χ1n) is 11.8. The Morgan fingerprint density at radius 1 is 1.00 bits per heavy atom. The summed E-state index contributed by atoms with van der Waals surface area (Å²) in [5, 5.41) is 5.67. The number of nitrogens with one attached hydrogen (secondary N) is 2. The molecule has 1 aromatic heterocycles. The van der Waals surface area contributed by atoms with Crippen molar-refractivity contribution >= 4 is 11.8 Å². The molecule has 1 aromatic carbocycles. The summed E-state index contributed by atoms with van der Waals surface area (Å²) < 4.78 is 2.09. The Morgan fingerprint density at radius 3 is 2.56 bits per heavy atom. The maximum atomic E-state index is 12.5. The molecule has 0 saturated heterocycles. The van der Waals surface area contributed by atoms with Crippen molar-refractivity contribution in [2.24, 2.45) is 7.05 Å². The molecule has 2 N–H and O–H groups in total. The normalized spacial score (nSPS) is 17.2. The van der Waals surface area contributed by atoms with Gasteiger partial charge in [-0.2, -0.15) is 0 Å². The van der Waals surface area contributed by atoms with Crippen LogP contribution in [0.2, 0.25) is 0 Å². The van der Waals surface area contributed by atoms with Crippen LogP contribution in [0, 0.1) is 0 Å². The summed E-state index contributed by atoms with van der Waals surface area (Å²) in [6.45, 7) is 2.67. The number of rotatable bonds is 7. The van der Waals surface area contributed by atoms with Crippen molar-refractivity contribution in [2.75, 3.05) is 19.6 Å². The van der Waals surface area contributed by atoms with Crippen molar-refractivity contribution in [2.45, 2.75) is 51.1 Å². The predicted molar refractivity (Wildman–Crippen MR) is 126 cm³/mol. The van der Waals surface area contributed by atoms with Crippen LogP contribution < -0.4 is 10.6 Å². The first-order valence-corrected chi connectivity index (χ1v) is 11.8. The highest BCUT2D eigenvalue weighted by atomic mass is 16.2. The number of carbonyl (C=O) groups excluding carboxylic acids is 2. The van der Waals surface area contributed by atoms with Crippen molar-refractivity contribution in [3.8, 4) is 0 Å². The van der Waals surface area contributed by atoms with Gasteiger partial charge in [0.25, 0.3) is 0 Å². The average molecular weight is 435 g/mol. The summed E-state index contributed by atoms with van der Waals surface area (Å²) in [5.74, 6) is -1.10. The van der Waals surface area contributed by atoms with E-state index in [0.29, 0.717) is 13.1 Å². The number of benzene rings is 1. The predicted octanol–water partition coefficient (Wildman–Crippen LogP) is 3.25. The lowest BCUT2D eigenvalue weighted by atomic mass is 9.97. The number of aryl methyl sites for hydroxylation is 1. The molecule has 1 aliphatic carbocycles. The lowest BCUT2D eigenvalue weighted by Gasteiger charge is -2.36. The number of allylic oxidation sites excluding steroid dienone is 1. The van der Waals surface area contributed by atoms with Gasteiger partial charge in [-0.05, 0) is 61.8 Å². The second-order valence-electron chi connectivity index (χ2n) is 8.87. The number of carbonyl (C=O) groups is 2. The molecule has 6 nitrogen and oxygen atoms in total. The molecule has 0 bridgehead atoms. The van der Waals surface area contributed by atoms with Crippen molar-refractivity contribution in [1.82, 2.24) is 20.1 Å². The Bertz CT molecular complexity index is 978. The van der Waals surface area contributed by atoms with Gasteiger partial charge < -0.3 is 15.2 Å². The fraction of sp³-hybridized carbons (Fsp3) is 0.462. The van der Waals surface area contributed by atoms with Crippen molar-refractivity contribution in [3.63, 3.8) is 0 Å². The first kappa shape index (κ1) is 22.3. The zero-order chi connectivity index (χ0) is 22.3. The molecule has 0 saturated carbocycles. The molecule has 170 valence electrons. The minimum absolute atomic E-state index is 0.00694. The largest absolute Gasteiger partial charge is 0.353 e. The standard InChI is InChI=1S/C26H34N4O2/c1-29-16-7-12-23(29)24(30-17-14-21-10-5-6-11-22(21)19-30)18-28-26(32)25(31)27-15-13-20-8-3-2-4-9-20/h5-8,10-12,16,24H,2-4,9,13-15,17-19H2,1H3,(H,27,31)(H,28,32). The van der Waals surface area contributed by atoms with Crippen LogP contribution in [0.4, 0.5) is 0 Å². The zero-order valence-electron chi connectivity index (χ0n) is 19.0. The van der Waals surface area contributed by atoms with Crippen LogP contribution in [0.3, 0.4) is 0 Å². The maximum absolute atomic E-state index is 12.5. The van der Waals surface area contributed by atoms with Crippen LogP contribution in [-0.4, -0.2) is 40.9 Å². The van der Waals surface area contributed by atoms with Crippen LogP contribution in [0.1, 0.15) is 55.0 Å². The summed E-state index contributed by atoms with van der Waals surface area (Å²) in [4.78, 5) is 27.2. The van der Waals surface area contributed by atoms with Gasteiger partial charge in [-0.3, -0.25) is 14.5 Å². The third-order valence-electron chi connectivity index (χ3n) is 6.71. The van der Waals surface area contributed by atoms with E-state index in [1.807, 2.05) is 19.3 Å². The van der Waals surface area contributed by atoms with Gasteiger partial charge >= 0.3 is 11.8 Å². The summed E-state index contributed by atoms with van der Waals surface area (Å²) in [5.41, 5.74) is 5.25. The van der Waals surface area contributed by atoms with Crippen LogP contribution >= 0.6 is 0 Å². The van der Waals surface area contributed by atoms with Crippen LogP contribution in [0.5, 0.6) is 0 Å². The number of aromatic nitrogens is 1. The van der Waals surface area contributed by atoms with Crippen molar-refractivity contribution in [3.05, 3.63) is 71.1 Å². The van der Waals surface area contributed by atoms with E-state index in [1.165, 1.54) is 29.5 Å². The monoisotopic (exact) mass is 434 g/mol. The highest BCUT2D eigenvalue weighted by Gasteiger charge is 2.27. The number of fused-ring (bicyclic) bond motifs is 1. The first-order chi connectivity index (χ1) is 15.6. The van der Waals surface area contributed by atoms with E-state index in [0.717, 1.165) is 44.5 Å². The topological polar surface area (TPSA) is 66.4 Å². The molecule has 2 heterocycles. The van der Waals surface area contributed by atoms with E-state index in [1.54, 1.807) is 0 Å². The molecule has 1 aliphatic heterocycles. The third-order valence-corrected chi connectivity index (χ3v) is 6.71. The number of amides is 2. The van der Waals surface area contributed by atoms with Gasteiger partial charge in [0.1, 0.15) is 0 Å². The molecular weight excluding hydrogens is 400 g/mol. The van der Waals surface area contributed by atoms with E-state index in [2.05, 4.69) is 56.5 Å². The van der Waals surface area contributed by atoms with E-state index in [9.17, 15) is 9.59 Å². The molecular formula is C26H34N4O2. The molecule has 2 aliphatic rings. The van der Waals surface area contributed by atoms with Gasteiger partial charge in [0, 0.05) is 45.1 Å². The molecule has 0 radical (unpaired) electrons. The van der Waals surface area contributed by atoms with E-state index in [4.69, 9.17) is 0 Å². The highest BCUT2D eigenvalue weighted by Crippen LogP contribution is 2.27. The van der Waals surface area contributed by atoms with E-state index in [-0.39, 0.29) is 6.04 Å². The molecule has 1 unspecified atom stereocenters. The highest BCUT2D eigenvalue weighted by molar-refractivity contribution is 6.35. The zero-order valence-corrected chi connectivity index (χ0v) is 19.0. The molecule has 32 heavy (non-hydrogen) atoms. The lowest BCUT2D eigenvalue weighted by Crippen LogP contribution is -2.45. The Labute approximate surface area is 190 Å². The Hall–Kier alpha value is -2.86. The average Bonchev–Trinajstić information content (AvgIpc) is 3.25. The van der Waals surface area contributed by atoms with Crippen LogP contribution in [-0.2, 0) is 29.6 Å². The number of hydrogen-bond donors (Lipinski definition) is 2. The van der Waals surface area contributed by atoms with Crippen molar-refractivity contribution in [1.29, 1.82) is 0 Å². The molecule has 2 aromatic rings. The quantitative estimate of drug-likeness (QED) is 0.519. The van der Waals surface area contributed by atoms with Gasteiger partial charge in [-0.25, -0.2) is 0 Å². The van der Waals surface area contributed by atoms with Gasteiger partial charge in [-0.1, -0.05) is 35.9 Å².